The third-order valence-electron chi connectivity index (χ3n) is 4.43. The molecular formula is C18H27N3O3. The number of aryl methyl sites for hydroxylation is 1. The molecule has 2 heterocycles. The molecule has 1 aromatic heterocycles. The van der Waals surface area contributed by atoms with Crippen LogP contribution >= 0.6 is 0 Å². The SMILES string of the molecule is Cc1ccc(C=CC(=O)NCCC(=O)N(C)C2CCN(C)CC2)o1. The second kappa shape index (κ2) is 8.68. The Morgan fingerprint density at radius 3 is 2.71 bits per heavy atom. The van der Waals surface area contributed by atoms with E-state index in [1.165, 1.54) is 6.08 Å². The van der Waals surface area contributed by atoms with Gasteiger partial charge in [0, 0.05) is 32.1 Å². The fraction of sp³-hybridized carbons (Fsp3) is 0.556. The summed E-state index contributed by atoms with van der Waals surface area (Å²) < 4.78 is 5.35. The summed E-state index contributed by atoms with van der Waals surface area (Å²) in [6, 6.07) is 3.96. The standard InChI is InChI=1S/C18H27N3O3/c1-14-4-5-16(24-14)6-7-17(22)19-11-8-18(23)21(3)15-9-12-20(2)13-10-15/h4-7,15H,8-13H2,1-3H3,(H,19,22). The first kappa shape index (κ1) is 18.3. The van der Waals surface area contributed by atoms with Crippen molar-refractivity contribution in [3.8, 4) is 0 Å². The highest BCUT2D eigenvalue weighted by Crippen LogP contribution is 2.14. The van der Waals surface area contributed by atoms with E-state index >= 15 is 0 Å². The summed E-state index contributed by atoms with van der Waals surface area (Å²) in [7, 11) is 3.96. The maximum atomic E-state index is 12.2. The molecule has 0 aliphatic carbocycles. The molecule has 1 aliphatic rings. The van der Waals surface area contributed by atoms with E-state index in [9.17, 15) is 9.59 Å². The van der Waals surface area contributed by atoms with Gasteiger partial charge in [0.2, 0.25) is 11.8 Å². The maximum Gasteiger partial charge on any atom is 0.244 e. The molecule has 1 aliphatic heterocycles. The van der Waals surface area contributed by atoms with Crippen LogP contribution in [0, 0.1) is 6.92 Å². The van der Waals surface area contributed by atoms with E-state index < -0.39 is 0 Å². The van der Waals surface area contributed by atoms with Crippen molar-refractivity contribution in [2.45, 2.75) is 32.2 Å². The maximum absolute atomic E-state index is 12.2. The van der Waals surface area contributed by atoms with E-state index in [0.29, 0.717) is 24.8 Å². The van der Waals surface area contributed by atoms with Gasteiger partial charge in [-0.3, -0.25) is 9.59 Å². The van der Waals surface area contributed by atoms with Gasteiger partial charge in [0.25, 0.3) is 0 Å². The van der Waals surface area contributed by atoms with E-state index in [1.54, 1.807) is 12.1 Å². The van der Waals surface area contributed by atoms with Crippen LogP contribution in [0.25, 0.3) is 6.08 Å². The van der Waals surface area contributed by atoms with Gasteiger partial charge in [-0.2, -0.15) is 0 Å². The highest BCUT2D eigenvalue weighted by atomic mass is 16.3. The van der Waals surface area contributed by atoms with Gasteiger partial charge in [0.15, 0.2) is 0 Å². The lowest BCUT2D eigenvalue weighted by molar-refractivity contribution is -0.132. The molecule has 0 bridgehead atoms. The molecule has 1 fully saturated rings. The van der Waals surface area contributed by atoms with E-state index in [4.69, 9.17) is 4.42 Å². The zero-order valence-electron chi connectivity index (χ0n) is 14.7. The molecular weight excluding hydrogens is 306 g/mol. The number of amides is 2. The third-order valence-corrected chi connectivity index (χ3v) is 4.43. The topological polar surface area (TPSA) is 65.8 Å². The lowest BCUT2D eigenvalue weighted by Gasteiger charge is -2.35. The average molecular weight is 333 g/mol. The summed E-state index contributed by atoms with van der Waals surface area (Å²) in [5, 5.41) is 2.73. The summed E-state index contributed by atoms with van der Waals surface area (Å²) in [6.07, 6.45) is 5.38. The number of hydrogen-bond donors (Lipinski definition) is 1. The van der Waals surface area contributed by atoms with Crippen molar-refractivity contribution in [3.05, 3.63) is 29.7 Å². The summed E-state index contributed by atoms with van der Waals surface area (Å²) in [4.78, 5) is 28.1. The van der Waals surface area contributed by atoms with Crippen molar-refractivity contribution >= 4 is 17.9 Å². The van der Waals surface area contributed by atoms with Gasteiger partial charge in [0.1, 0.15) is 11.5 Å². The average Bonchev–Trinajstić information content (AvgIpc) is 2.98. The molecule has 0 saturated carbocycles. The molecule has 132 valence electrons. The number of nitrogens with one attached hydrogen (secondary N) is 1. The number of nitrogens with zero attached hydrogens (tertiary/aromatic N) is 2. The number of piperidine rings is 1. The lowest BCUT2D eigenvalue weighted by Crippen LogP contribution is -2.45. The number of likely N-dealkylation sites (tertiary alicyclic amines) is 1. The largest absolute Gasteiger partial charge is 0.462 e. The van der Waals surface area contributed by atoms with Crippen molar-refractivity contribution in [2.24, 2.45) is 0 Å². The van der Waals surface area contributed by atoms with Crippen LogP contribution in [0.3, 0.4) is 0 Å². The van der Waals surface area contributed by atoms with Crippen molar-refractivity contribution in [1.82, 2.24) is 15.1 Å². The molecule has 2 amide bonds. The van der Waals surface area contributed by atoms with E-state index in [0.717, 1.165) is 31.7 Å². The zero-order chi connectivity index (χ0) is 17.5. The smallest absolute Gasteiger partial charge is 0.244 e. The van der Waals surface area contributed by atoms with Gasteiger partial charge in [-0.05, 0) is 58.1 Å². The normalized spacial score (nSPS) is 16.5. The Bertz CT molecular complexity index is 586. The van der Waals surface area contributed by atoms with Gasteiger partial charge in [-0.15, -0.1) is 0 Å². The van der Waals surface area contributed by atoms with Crippen LogP contribution in [0.4, 0.5) is 0 Å². The summed E-state index contributed by atoms with van der Waals surface area (Å²) in [5.74, 6) is 1.30. The Balaban J connectivity index is 1.68. The first-order chi connectivity index (χ1) is 11.5. The predicted molar refractivity (Wildman–Crippen MR) is 93.4 cm³/mol. The quantitative estimate of drug-likeness (QED) is 0.804. The number of rotatable bonds is 6. The molecule has 0 radical (unpaired) electrons. The van der Waals surface area contributed by atoms with Crippen LogP contribution in [-0.4, -0.2) is 61.4 Å². The second-order valence-corrected chi connectivity index (χ2v) is 6.36. The minimum absolute atomic E-state index is 0.0792. The monoisotopic (exact) mass is 333 g/mol. The molecule has 0 unspecified atom stereocenters. The Labute approximate surface area is 143 Å². The van der Waals surface area contributed by atoms with Gasteiger partial charge >= 0.3 is 0 Å². The Kier molecular flexibility index (Phi) is 6.61. The van der Waals surface area contributed by atoms with Crippen molar-refractivity contribution in [2.75, 3.05) is 33.7 Å². The second-order valence-electron chi connectivity index (χ2n) is 6.36. The van der Waals surface area contributed by atoms with Gasteiger partial charge < -0.3 is 19.5 Å². The molecule has 1 N–H and O–H groups in total. The van der Waals surface area contributed by atoms with Crippen molar-refractivity contribution in [3.63, 3.8) is 0 Å². The first-order valence-electron chi connectivity index (χ1n) is 8.42. The fourth-order valence-corrected chi connectivity index (χ4v) is 2.81. The molecule has 0 spiro atoms. The van der Waals surface area contributed by atoms with E-state index in [1.807, 2.05) is 24.9 Å². The minimum Gasteiger partial charge on any atom is -0.462 e. The molecule has 6 heteroatoms. The number of furan rings is 1. The van der Waals surface area contributed by atoms with Crippen LogP contribution in [0.2, 0.25) is 0 Å². The number of hydrogen-bond acceptors (Lipinski definition) is 4. The molecule has 2 rings (SSSR count). The van der Waals surface area contributed by atoms with Crippen molar-refractivity contribution in [1.29, 1.82) is 0 Å². The Morgan fingerprint density at radius 2 is 2.08 bits per heavy atom. The van der Waals surface area contributed by atoms with Crippen LogP contribution in [-0.2, 0) is 9.59 Å². The molecule has 6 nitrogen and oxygen atoms in total. The van der Waals surface area contributed by atoms with Gasteiger partial charge in [0.05, 0.1) is 0 Å². The molecule has 0 atom stereocenters. The lowest BCUT2D eigenvalue weighted by atomic mass is 10.0. The Hall–Kier alpha value is -2.08. The number of carbonyl (C=O) groups is 2. The molecule has 1 saturated heterocycles. The minimum atomic E-state index is -0.223. The van der Waals surface area contributed by atoms with Crippen LogP contribution in [0.15, 0.2) is 22.6 Å². The van der Waals surface area contributed by atoms with Gasteiger partial charge in [-0.1, -0.05) is 0 Å². The van der Waals surface area contributed by atoms with Crippen LogP contribution < -0.4 is 5.32 Å². The predicted octanol–water partition coefficient (Wildman–Crippen LogP) is 1.66. The molecule has 24 heavy (non-hydrogen) atoms. The fourth-order valence-electron chi connectivity index (χ4n) is 2.81. The van der Waals surface area contributed by atoms with Crippen LogP contribution in [0.5, 0.6) is 0 Å². The summed E-state index contributed by atoms with van der Waals surface area (Å²) in [5.41, 5.74) is 0. The molecule has 1 aromatic rings. The van der Waals surface area contributed by atoms with Crippen molar-refractivity contribution < 1.29 is 14.0 Å². The third kappa shape index (κ3) is 5.53. The number of carbonyl (C=O) groups excluding carboxylic acids is 2. The van der Waals surface area contributed by atoms with Crippen LogP contribution in [0.1, 0.15) is 30.8 Å². The molecule has 0 aromatic carbocycles. The zero-order valence-corrected chi connectivity index (χ0v) is 14.7. The van der Waals surface area contributed by atoms with E-state index in [2.05, 4.69) is 17.3 Å². The first-order valence-corrected chi connectivity index (χ1v) is 8.42. The highest BCUT2D eigenvalue weighted by Gasteiger charge is 2.23. The van der Waals surface area contributed by atoms with Gasteiger partial charge in [-0.25, -0.2) is 0 Å². The van der Waals surface area contributed by atoms with E-state index in [-0.39, 0.29) is 11.8 Å². The highest BCUT2D eigenvalue weighted by molar-refractivity contribution is 5.91. The summed E-state index contributed by atoms with van der Waals surface area (Å²) >= 11 is 0. The summed E-state index contributed by atoms with van der Waals surface area (Å²) in [6.45, 7) is 4.24. The Morgan fingerprint density at radius 1 is 1.38 bits per heavy atom.